The van der Waals surface area contributed by atoms with Crippen LogP contribution in [0.2, 0.25) is 0 Å². The van der Waals surface area contributed by atoms with Gasteiger partial charge in [0.15, 0.2) is 0 Å². The van der Waals surface area contributed by atoms with E-state index in [2.05, 4.69) is 16.9 Å². The Morgan fingerprint density at radius 2 is 1.96 bits per heavy atom. The van der Waals surface area contributed by atoms with Gasteiger partial charge in [0.1, 0.15) is 0 Å². The minimum absolute atomic E-state index is 0.0585. The van der Waals surface area contributed by atoms with E-state index in [-0.39, 0.29) is 11.8 Å². The lowest BCUT2D eigenvalue weighted by atomic mass is 9.92. The molecule has 0 saturated carbocycles. The average molecular weight is 344 g/mol. The Morgan fingerprint density at radius 3 is 2.68 bits per heavy atom. The van der Waals surface area contributed by atoms with Crippen molar-refractivity contribution in [2.75, 3.05) is 46.3 Å². The van der Waals surface area contributed by atoms with E-state index in [1.54, 1.807) is 18.5 Å². The third-order valence-corrected chi connectivity index (χ3v) is 5.34. The van der Waals surface area contributed by atoms with E-state index >= 15 is 0 Å². The van der Waals surface area contributed by atoms with Crippen LogP contribution < -0.4 is 0 Å². The van der Waals surface area contributed by atoms with Gasteiger partial charge < -0.3 is 14.7 Å². The molecule has 0 N–H and O–H groups in total. The quantitative estimate of drug-likeness (QED) is 0.830. The van der Waals surface area contributed by atoms with Crippen molar-refractivity contribution in [1.82, 2.24) is 19.7 Å². The van der Waals surface area contributed by atoms with Crippen molar-refractivity contribution in [2.24, 2.45) is 5.92 Å². The smallest absolute Gasteiger partial charge is 0.255 e. The molecule has 2 saturated heterocycles. The summed E-state index contributed by atoms with van der Waals surface area (Å²) in [6, 6.07) is 3.61. The van der Waals surface area contributed by atoms with E-state index in [0.717, 1.165) is 58.5 Å². The number of pyridine rings is 1. The SMILES string of the molecule is CN1CCN(C(=O)CCC2CCCN(C(=O)c3cccnc3)C2)CC1. The van der Waals surface area contributed by atoms with Crippen molar-refractivity contribution in [1.29, 1.82) is 0 Å². The number of likely N-dealkylation sites (tertiary alicyclic amines) is 1. The summed E-state index contributed by atoms with van der Waals surface area (Å²) >= 11 is 0. The molecule has 2 fully saturated rings. The van der Waals surface area contributed by atoms with Gasteiger partial charge in [0, 0.05) is 58.1 Å². The molecule has 3 rings (SSSR count). The minimum Gasteiger partial charge on any atom is -0.340 e. The van der Waals surface area contributed by atoms with Crippen LogP contribution in [-0.4, -0.2) is 77.8 Å². The number of hydrogen-bond donors (Lipinski definition) is 0. The molecule has 0 aliphatic carbocycles. The van der Waals surface area contributed by atoms with Crippen molar-refractivity contribution in [3.8, 4) is 0 Å². The molecule has 0 aromatic carbocycles. The van der Waals surface area contributed by atoms with E-state index in [4.69, 9.17) is 0 Å². The number of piperazine rings is 1. The van der Waals surface area contributed by atoms with Gasteiger partial charge >= 0.3 is 0 Å². The Balaban J connectivity index is 1.47. The fourth-order valence-electron chi connectivity index (χ4n) is 3.70. The van der Waals surface area contributed by atoms with E-state index in [1.807, 2.05) is 15.9 Å². The molecule has 1 unspecified atom stereocenters. The number of carbonyl (C=O) groups excluding carboxylic acids is 2. The van der Waals surface area contributed by atoms with Crippen LogP contribution in [-0.2, 0) is 4.79 Å². The molecule has 2 amide bonds. The highest BCUT2D eigenvalue weighted by Crippen LogP contribution is 2.23. The molecular formula is C19H28N4O2. The van der Waals surface area contributed by atoms with Crippen molar-refractivity contribution < 1.29 is 9.59 Å². The molecule has 1 aromatic rings. The lowest BCUT2D eigenvalue weighted by Gasteiger charge is -2.34. The molecule has 25 heavy (non-hydrogen) atoms. The zero-order valence-electron chi connectivity index (χ0n) is 15.1. The number of nitrogens with zero attached hydrogens (tertiary/aromatic N) is 4. The molecule has 136 valence electrons. The molecule has 1 atom stereocenters. The van der Waals surface area contributed by atoms with E-state index in [1.165, 1.54) is 0 Å². The summed E-state index contributed by atoms with van der Waals surface area (Å²) in [7, 11) is 2.09. The minimum atomic E-state index is 0.0585. The van der Waals surface area contributed by atoms with E-state index in [9.17, 15) is 9.59 Å². The third-order valence-electron chi connectivity index (χ3n) is 5.34. The van der Waals surface area contributed by atoms with Gasteiger partial charge in [-0.05, 0) is 44.4 Å². The van der Waals surface area contributed by atoms with Gasteiger partial charge in [-0.3, -0.25) is 14.6 Å². The Labute approximate surface area is 149 Å². The van der Waals surface area contributed by atoms with Gasteiger partial charge in [-0.15, -0.1) is 0 Å². The summed E-state index contributed by atoms with van der Waals surface area (Å²) in [4.78, 5) is 35.2. The van der Waals surface area contributed by atoms with Crippen LogP contribution in [0.25, 0.3) is 0 Å². The fourth-order valence-corrected chi connectivity index (χ4v) is 3.70. The molecule has 6 heteroatoms. The van der Waals surface area contributed by atoms with Gasteiger partial charge in [-0.25, -0.2) is 0 Å². The normalized spacial score (nSPS) is 22.0. The second-order valence-corrected chi connectivity index (χ2v) is 7.22. The number of likely N-dealkylation sites (N-methyl/N-ethyl adjacent to an activating group) is 1. The number of piperidine rings is 1. The van der Waals surface area contributed by atoms with E-state index in [0.29, 0.717) is 17.9 Å². The predicted molar refractivity (Wildman–Crippen MR) is 96.2 cm³/mol. The van der Waals surface area contributed by atoms with Crippen LogP contribution in [0.15, 0.2) is 24.5 Å². The monoisotopic (exact) mass is 344 g/mol. The fraction of sp³-hybridized carbons (Fsp3) is 0.632. The summed E-state index contributed by atoms with van der Waals surface area (Å²) in [5.41, 5.74) is 0.650. The number of hydrogen-bond acceptors (Lipinski definition) is 4. The predicted octanol–water partition coefficient (Wildman–Crippen LogP) is 1.49. The highest BCUT2D eigenvalue weighted by atomic mass is 16.2. The molecule has 6 nitrogen and oxygen atoms in total. The maximum absolute atomic E-state index is 12.6. The molecular weight excluding hydrogens is 316 g/mol. The van der Waals surface area contributed by atoms with Gasteiger partial charge in [-0.2, -0.15) is 0 Å². The molecule has 1 aromatic heterocycles. The Kier molecular flexibility index (Phi) is 6.02. The second kappa shape index (κ2) is 8.43. The maximum Gasteiger partial charge on any atom is 0.255 e. The first-order valence-corrected chi connectivity index (χ1v) is 9.29. The lowest BCUT2D eigenvalue weighted by molar-refractivity contribution is -0.133. The van der Waals surface area contributed by atoms with Crippen LogP contribution in [0.5, 0.6) is 0 Å². The molecule has 0 radical (unpaired) electrons. The standard InChI is InChI=1S/C19H28N4O2/c1-21-10-12-22(13-11-21)18(24)7-6-16-4-3-9-23(15-16)19(25)17-5-2-8-20-14-17/h2,5,8,14,16H,3-4,6-7,9-13,15H2,1H3. The van der Waals surface area contributed by atoms with Crippen molar-refractivity contribution in [3.05, 3.63) is 30.1 Å². The number of amides is 2. The molecule has 3 heterocycles. The van der Waals surface area contributed by atoms with Crippen LogP contribution in [0, 0.1) is 5.92 Å². The van der Waals surface area contributed by atoms with Gasteiger partial charge in [0.25, 0.3) is 5.91 Å². The number of aromatic nitrogens is 1. The van der Waals surface area contributed by atoms with Crippen molar-refractivity contribution in [2.45, 2.75) is 25.7 Å². The summed E-state index contributed by atoms with van der Waals surface area (Å²) < 4.78 is 0. The largest absolute Gasteiger partial charge is 0.340 e. The summed E-state index contributed by atoms with van der Waals surface area (Å²) in [6.45, 7) is 5.16. The van der Waals surface area contributed by atoms with E-state index < -0.39 is 0 Å². The summed E-state index contributed by atoms with van der Waals surface area (Å²) in [6.07, 6.45) is 6.90. The third kappa shape index (κ3) is 4.78. The highest BCUT2D eigenvalue weighted by Gasteiger charge is 2.26. The lowest BCUT2D eigenvalue weighted by Crippen LogP contribution is -2.47. The molecule has 2 aliphatic rings. The Bertz CT molecular complexity index is 584. The summed E-state index contributed by atoms with van der Waals surface area (Å²) in [5.74, 6) is 0.748. The zero-order chi connectivity index (χ0) is 17.6. The van der Waals surface area contributed by atoms with Gasteiger partial charge in [0.2, 0.25) is 5.91 Å². The maximum atomic E-state index is 12.6. The van der Waals surface area contributed by atoms with Crippen molar-refractivity contribution >= 4 is 11.8 Å². The Morgan fingerprint density at radius 1 is 1.16 bits per heavy atom. The van der Waals surface area contributed by atoms with Gasteiger partial charge in [0.05, 0.1) is 5.56 Å². The highest BCUT2D eigenvalue weighted by molar-refractivity contribution is 5.93. The summed E-state index contributed by atoms with van der Waals surface area (Å²) in [5, 5.41) is 0. The van der Waals surface area contributed by atoms with Crippen LogP contribution in [0.3, 0.4) is 0 Å². The number of rotatable bonds is 4. The molecule has 0 bridgehead atoms. The van der Waals surface area contributed by atoms with Crippen LogP contribution >= 0.6 is 0 Å². The first-order valence-electron chi connectivity index (χ1n) is 9.29. The Hall–Kier alpha value is -1.95. The molecule has 2 aliphatic heterocycles. The van der Waals surface area contributed by atoms with Crippen LogP contribution in [0.1, 0.15) is 36.0 Å². The van der Waals surface area contributed by atoms with Gasteiger partial charge in [-0.1, -0.05) is 0 Å². The van der Waals surface area contributed by atoms with Crippen molar-refractivity contribution in [3.63, 3.8) is 0 Å². The topological polar surface area (TPSA) is 56.8 Å². The average Bonchev–Trinajstić information content (AvgIpc) is 2.67. The zero-order valence-corrected chi connectivity index (χ0v) is 15.1. The first kappa shape index (κ1) is 17.9. The number of carbonyl (C=O) groups is 2. The second-order valence-electron chi connectivity index (χ2n) is 7.22. The van der Waals surface area contributed by atoms with Crippen LogP contribution in [0.4, 0.5) is 0 Å². The first-order chi connectivity index (χ1) is 12.1. The molecule has 0 spiro atoms.